The lowest BCUT2D eigenvalue weighted by molar-refractivity contribution is 1.48. The van der Waals surface area contributed by atoms with Crippen LogP contribution in [0.3, 0.4) is 0 Å². The van der Waals surface area contributed by atoms with E-state index >= 15 is 0 Å². The van der Waals surface area contributed by atoms with E-state index in [1.54, 1.807) is 0 Å². The number of hydrogen-bond acceptors (Lipinski definition) is 2. The van der Waals surface area contributed by atoms with Crippen molar-refractivity contribution in [3.63, 3.8) is 0 Å². The Morgan fingerprint density at radius 1 is 1.56 bits per heavy atom. The molecule has 0 unspecified atom stereocenters. The highest BCUT2D eigenvalue weighted by molar-refractivity contribution is 7.16. The van der Waals surface area contributed by atoms with E-state index in [1.165, 1.54) is 11.3 Å². The molecular weight excluding hydrogens is 130 g/mol. The third kappa shape index (κ3) is 0.715. The van der Waals surface area contributed by atoms with Crippen LogP contribution in [0.4, 0.5) is 0 Å². The Morgan fingerprint density at radius 2 is 2.56 bits per heavy atom. The van der Waals surface area contributed by atoms with E-state index in [4.69, 9.17) is 0 Å². The van der Waals surface area contributed by atoms with Crippen LogP contribution in [0.25, 0.3) is 10.2 Å². The maximum Gasteiger partial charge on any atom is 0.153 e. The smallest absolute Gasteiger partial charge is 0.153 e. The lowest BCUT2D eigenvalue weighted by atomic mass is 10.3. The van der Waals surface area contributed by atoms with Crippen LogP contribution in [0.2, 0.25) is 0 Å². The number of thiazole rings is 1. The molecule has 0 aliphatic carbocycles. The first-order valence-corrected chi connectivity index (χ1v) is 3.33. The van der Waals surface area contributed by atoms with Gasteiger partial charge in [0.15, 0.2) is 5.51 Å². The van der Waals surface area contributed by atoms with Gasteiger partial charge in [0, 0.05) is 6.07 Å². The molecule has 0 atom stereocenters. The largest absolute Gasteiger partial charge is 0.233 e. The van der Waals surface area contributed by atoms with E-state index in [9.17, 15) is 0 Å². The van der Waals surface area contributed by atoms with Gasteiger partial charge >= 0.3 is 0 Å². The van der Waals surface area contributed by atoms with Crippen LogP contribution in [0.15, 0.2) is 12.1 Å². The van der Waals surface area contributed by atoms with Gasteiger partial charge in [0.2, 0.25) is 0 Å². The maximum atomic E-state index is 3.93. The molecule has 1 nitrogen and oxygen atoms in total. The maximum absolute atomic E-state index is 3.93. The van der Waals surface area contributed by atoms with Crippen LogP contribution < -0.4 is 0 Å². The summed E-state index contributed by atoms with van der Waals surface area (Å²) in [7, 11) is 0. The Bertz CT molecular complexity index is 283. The monoisotopic (exact) mass is 132 g/mol. The second-order valence-corrected chi connectivity index (χ2v) is 2.45. The van der Waals surface area contributed by atoms with Gasteiger partial charge in [-0.15, -0.1) is 11.3 Å². The van der Waals surface area contributed by atoms with Crippen molar-refractivity contribution in [3.05, 3.63) is 29.8 Å². The average Bonchev–Trinajstić information content (AvgIpc) is 2.33. The summed E-state index contributed by atoms with van der Waals surface area (Å²) in [4.78, 5) is 3.93. The first-order valence-electron chi connectivity index (χ1n) is 2.52. The molecule has 0 N–H and O–H groups in total. The number of rotatable bonds is 0. The minimum atomic E-state index is 0.863. The molecule has 0 aliphatic heterocycles. The molecule has 41 valence electrons. The SMILES string of the molecule is [c]1[c]c2n[c]sc2cc1. The van der Waals surface area contributed by atoms with Crippen molar-refractivity contribution in [2.45, 2.75) is 0 Å². The van der Waals surface area contributed by atoms with Gasteiger partial charge in [0.1, 0.15) is 0 Å². The Kier molecular flexibility index (Phi) is 0.993. The fourth-order valence-electron chi connectivity index (χ4n) is 0.651. The fraction of sp³-hybridized carbons (Fsp3) is 0. The number of benzene rings is 1. The Hall–Kier alpha value is -0.890. The van der Waals surface area contributed by atoms with E-state index in [1.807, 2.05) is 12.1 Å². The normalized spacial score (nSPS) is 10.2. The van der Waals surface area contributed by atoms with Crippen molar-refractivity contribution >= 4 is 21.6 Å². The molecule has 0 fully saturated rings. The summed E-state index contributed by atoms with van der Waals surface area (Å²) in [5.41, 5.74) is 3.64. The van der Waals surface area contributed by atoms with Crippen molar-refractivity contribution < 1.29 is 0 Å². The molecule has 9 heavy (non-hydrogen) atoms. The zero-order valence-corrected chi connectivity index (χ0v) is 5.33. The van der Waals surface area contributed by atoms with Crippen LogP contribution in [0.5, 0.6) is 0 Å². The zero-order valence-electron chi connectivity index (χ0n) is 4.51. The predicted octanol–water partition coefficient (Wildman–Crippen LogP) is 1.70. The molecule has 2 heteroatoms. The van der Waals surface area contributed by atoms with Crippen molar-refractivity contribution in [1.82, 2.24) is 4.98 Å². The molecule has 2 aromatic rings. The van der Waals surface area contributed by atoms with Gasteiger partial charge in [-0.25, -0.2) is 4.98 Å². The summed E-state index contributed by atoms with van der Waals surface area (Å²) in [6.45, 7) is 0. The first-order chi connectivity index (χ1) is 4.47. The highest BCUT2D eigenvalue weighted by Crippen LogP contribution is 2.13. The van der Waals surface area contributed by atoms with Crippen molar-refractivity contribution in [2.24, 2.45) is 0 Å². The summed E-state index contributed by atoms with van der Waals surface area (Å²) < 4.78 is 1.12. The van der Waals surface area contributed by atoms with E-state index in [0.717, 1.165) is 10.2 Å². The lowest BCUT2D eigenvalue weighted by Crippen LogP contribution is -1.63. The molecule has 2 rings (SSSR count). The van der Waals surface area contributed by atoms with Crippen molar-refractivity contribution in [3.8, 4) is 0 Å². The summed E-state index contributed by atoms with van der Waals surface area (Å²) in [6.07, 6.45) is 0. The van der Waals surface area contributed by atoms with Crippen LogP contribution in [-0.4, -0.2) is 4.98 Å². The topological polar surface area (TPSA) is 12.9 Å². The van der Waals surface area contributed by atoms with Gasteiger partial charge in [0.25, 0.3) is 0 Å². The van der Waals surface area contributed by atoms with E-state index < -0.39 is 0 Å². The highest BCUT2D eigenvalue weighted by Gasteiger charge is 1.91. The molecule has 0 saturated heterocycles. The average molecular weight is 132 g/mol. The summed E-state index contributed by atoms with van der Waals surface area (Å²) in [5, 5.41) is 0. The number of hydrogen-bond donors (Lipinski definition) is 0. The van der Waals surface area contributed by atoms with Crippen LogP contribution in [0, 0.1) is 17.6 Å². The Labute approximate surface area is 57.0 Å². The van der Waals surface area contributed by atoms with E-state index in [-0.39, 0.29) is 0 Å². The third-order valence-electron chi connectivity index (χ3n) is 1.06. The lowest BCUT2D eigenvalue weighted by Gasteiger charge is -1.78. The Balaban J connectivity index is 2.95. The fourth-order valence-corrected chi connectivity index (χ4v) is 1.22. The van der Waals surface area contributed by atoms with Crippen LogP contribution in [-0.2, 0) is 0 Å². The highest BCUT2D eigenvalue weighted by atomic mass is 32.1. The first kappa shape index (κ1) is 4.94. The van der Waals surface area contributed by atoms with Crippen LogP contribution in [0.1, 0.15) is 0 Å². The summed E-state index contributed by atoms with van der Waals surface area (Å²) in [6, 6.07) is 9.48. The van der Waals surface area contributed by atoms with Gasteiger partial charge < -0.3 is 0 Å². The number of nitrogens with zero attached hydrogens (tertiary/aromatic N) is 1. The minimum Gasteiger partial charge on any atom is -0.233 e. The molecule has 0 spiro atoms. The van der Waals surface area contributed by atoms with Gasteiger partial charge in [-0.05, 0) is 12.1 Å². The molecule has 0 saturated carbocycles. The van der Waals surface area contributed by atoms with E-state index in [2.05, 4.69) is 22.6 Å². The second kappa shape index (κ2) is 1.81. The molecule has 1 aromatic carbocycles. The quantitative estimate of drug-likeness (QED) is 0.531. The third-order valence-corrected chi connectivity index (χ3v) is 1.79. The molecular formula is C7H2NS. The number of aromatic nitrogens is 1. The van der Waals surface area contributed by atoms with E-state index in [0.29, 0.717) is 0 Å². The van der Waals surface area contributed by atoms with Gasteiger partial charge in [-0.2, -0.15) is 0 Å². The molecule has 0 aliphatic rings. The predicted molar refractivity (Wildman–Crippen MR) is 36.1 cm³/mol. The molecule has 3 radical (unpaired) electrons. The summed E-state index contributed by atoms with van der Waals surface area (Å²) >= 11 is 1.50. The van der Waals surface area contributed by atoms with Gasteiger partial charge in [-0.3, -0.25) is 0 Å². The Morgan fingerprint density at radius 3 is 3.44 bits per heavy atom. The van der Waals surface area contributed by atoms with Crippen molar-refractivity contribution in [2.75, 3.05) is 0 Å². The molecule has 1 heterocycles. The second-order valence-electron chi connectivity index (χ2n) is 1.62. The molecule has 0 amide bonds. The molecule has 1 aromatic heterocycles. The molecule has 0 bridgehead atoms. The zero-order chi connectivity index (χ0) is 6.10. The number of fused-ring (bicyclic) bond motifs is 1. The standard InChI is InChI=1S/C7H2NS/c1-2-4-7-6(3-1)8-5-9-7/h2,4H. The van der Waals surface area contributed by atoms with Gasteiger partial charge in [0.05, 0.1) is 10.2 Å². The van der Waals surface area contributed by atoms with Gasteiger partial charge in [-0.1, -0.05) is 6.07 Å². The summed E-state index contributed by atoms with van der Waals surface area (Å²) in [5.74, 6) is 0. The van der Waals surface area contributed by atoms with Crippen molar-refractivity contribution in [1.29, 1.82) is 0 Å². The minimum absolute atomic E-state index is 0.863. The van der Waals surface area contributed by atoms with Crippen LogP contribution >= 0.6 is 11.3 Å².